The van der Waals surface area contributed by atoms with Crippen LogP contribution in [0.4, 0.5) is 0 Å². The summed E-state index contributed by atoms with van der Waals surface area (Å²) >= 11 is 1.35. The first kappa shape index (κ1) is 14.5. The van der Waals surface area contributed by atoms with E-state index in [1.807, 2.05) is 12.1 Å². The number of methoxy groups -OCH3 is 2. The van der Waals surface area contributed by atoms with Crippen molar-refractivity contribution in [2.24, 2.45) is 4.99 Å². The predicted molar refractivity (Wildman–Crippen MR) is 81.2 cm³/mol. The molecule has 0 saturated carbocycles. The fraction of sp³-hybridized carbons (Fsp3) is 0.286. The van der Waals surface area contributed by atoms with Gasteiger partial charge in [0.25, 0.3) is 5.91 Å². The van der Waals surface area contributed by atoms with Gasteiger partial charge in [-0.1, -0.05) is 0 Å². The summed E-state index contributed by atoms with van der Waals surface area (Å²) in [6.07, 6.45) is 1.81. The molecule has 0 bridgehead atoms. The van der Waals surface area contributed by atoms with Gasteiger partial charge in [0.1, 0.15) is 11.5 Å². The SMILES string of the molecule is CN=C1S/C(=C/c2ccc(OC)cc2OC)C(=O)N1C. The van der Waals surface area contributed by atoms with Gasteiger partial charge < -0.3 is 9.47 Å². The average Bonchev–Trinajstić information content (AvgIpc) is 2.75. The Kier molecular flexibility index (Phi) is 4.34. The molecule has 0 aliphatic carbocycles. The molecule has 1 aliphatic rings. The first-order valence-electron chi connectivity index (χ1n) is 5.97. The highest BCUT2D eigenvalue weighted by Gasteiger charge is 2.29. The molecule has 1 saturated heterocycles. The van der Waals surface area contributed by atoms with Gasteiger partial charge in [-0.25, -0.2) is 0 Å². The molecule has 106 valence electrons. The molecule has 1 aromatic carbocycles. The molecule has 0 N–H and O–H groups in total. The van der Waals surface area contributed by atoms with Gasteiger partial charge in [-0.05, 0) is 30.0 Å². The lowest BCUT2D eigenvalue weighted by Crippen LogP contribution is -2.23. The lowest BCUT2D eigenvalue weighted by Gasteiger charge is -2.08. The van der Waals surface area contributed by atoms with E-state index in [-0.39, 0.29) is 5.91 Å². The van der Waals surface area contributed by atoms with Crippen LogP contribution < -0.4 is 9.47 Å². The van der Waals surface area contributed by atoms with Crippen molar-refractivity contribution in [2.45, 2.75) is 0 Å². The molecule has 1 aromatic rings. The van der Waals surface area contributed by atoms with Gasteiger partial charge in [0, 0.05) is 25.7 Å². The summed E-state index contributed by atoms with van der Waals surface area (Å²) in [5, 5.41) is 0.689. The number of thioether (sulfide) groups is 1. The third kappa shape index (κ3) is 2.65. The second kappa shape index (κ2) is 6.00. The zero-order chi connectivity index (χ0) is 14.7. The monoisotopic (exact) mass is 292 g/mol. The van der Waals surface area contributed by atoms with Gasteiger partial charge in [0.2, 0.25) is 0 Å². The largest absolute Gasteiger partial charge is 0.497 e. The maximum atomic E-state index is 12.1. The van der Waals surface area contributed by atoms with Crippen molar-refractivity contribution in [3.63, 3.8) is 0 Å². The number of amides is 1. The number of rotatable bonds is 3. The minimum atomic E-state index is -0.0616. The topological polar surface area (TPSA) is 51.1 Å². The number of ether oxygens (including phenoxy) is 2. The zero-order valence-electron chi connectivity index (χ0n) is 11.8. The van der Waals surface area contributed by atoms with E-state index in [1.165, 1.54) is 16.7 Å². The second-order valence-corrected chi connectivity index (χ2v) is 5.10. The third-order valence-corrected chi connectivity index (χ3v) is 4.07. The minimum Gasteiger partial charge on any atom is -0.497 e. The van der Waals surface area contributed by atoms with Crippen molar-refractivity contribution < 1.29 is 14.3 Å². The Morgan fingerprint density at radius 2 is 2.05 bits per heavy atom. The van der Waals surface area contributed by atoms with Crippen LogP contribution in [0.5, 0.6) is 11.5 Å². The van der Waals surface area contributed by atoms with Crippen LogP contribution in [0.25, 0.3) is 6.08 Å². The highest BCUT2D eigenvalue weighted by atomic mass is 32.2. The quantitative estimate of drug-likeness (QED) is 0.802. The maximum Gasteiger partial charge on any atom is 0.266 e. The first-order chi connectivity index (χ1) is 9.60. The van der Waals surface area contributed by atoms with Crippen molar-refractivity contribution in [1.29, 1.82) is 0 Å². The Hall–Kier alpha value is -1.95. The molecule has 20 heavy (non-hydrogen) atoms. The van der Waals surface area contributed by atoms with Crippen LogP contribution in [0.2, 0.25) is 0 Å². The summed E-state index contributed by atoms with van der Waals surface area (Å²) in [6, 6.07) is 5.48. The van der Waals surface area contributed by atoms with Crippen LogP contribution in [0.15, 0.2) is 28.1 Å². The van der Waals surface area contributed by atoms with Gasteiger partial charge in [0.05, 0.1) is 19.1 Å². The van der Waals surface area contributed by atoms with E-state index in [1.54, 1.807) is 40.5 Å². The molecule has 0 unspecified atom stereocenters. The van der Waals surface area contributed by atoms with E-state index < -0.39 is 0 Å². The van der Waals surface area contributed by atoms with Crippen LogP contribution >= 0.6 is 11.8 Å². The Bertz CT molecular complexity index is 596. The lowest BCUT2D eigenvalue weighted by molar-refractivity contribution is -0.121. The Balaban J connectivity index is 2.39. The van der Waals surface area contributed by atoms with Crippen LogP contribution in [0.1, 0.15) is 5.56 Å². The lowest BCUT2D eigenvalue weighted by atomic mass is 10.1. The first-order valence-corrected chi connectivity index (χ1v) is 6.78. The Labute approximate surface area is 122 Å². The van der Waals surface area contributed by atoms with Crippen LogP contribution in [-0.4, -0.2) is 44.3 Å². The summed E-state index contributed by atoms with van der Waals surface area (Å²) in [5.41, 5.74) is 0.829. The summed E-state index contributed by atoms with van der Waals surface area (Å²) < 4.78 is 10.5. The van der Waals surface area contributed by atoms with Crippen molar-refractivity contribution in [2.75, 3.05) is 28.3 Å². The van der Waals surface area contributed by atoms with E-state index in [9.17, 15) is 4.79 Å². The van der Waals surface area contributed by atoms with E-state index in [2.05, 4.69) is 4.99 Å². The highest BCUT2D eigenvalue weighted by Crippen LogP contribution is 2.34. The summed E-state index contributed by atoms with van der Waals surface area (Å²) in [7, 11) is 6.57. The number of hydrogen-bond acceptors (Lipinski definition) is 5. The van der Waals surface area contributed by atoms with Crippen molar-refractivity contribution in [1.82, 2.24) is 4.90 Å². The predicted octanol–water partition coefficient (Wildman–Crippen LogP) is 2.24. The highest BCUT2D eigenvalue weighted by molar-refractivity contribution is 8.18. The van der Waals surface area contributed by atoms with Crippen molar-refractivity contribution in [3.05, 3.63) is 28.7 Å². The molecule has 1 amide bonds. The molecule has 0 atom stereocenters. The molecule has 0 spiro atoms. The Morgan fingerprint density at radius 1 is 1.30 bits per heavy atom. The fourth-order valence-corrected chi connectivity index (χ4v) is 2.75. The normalized spacial score (nSPS) is 19.0. The molecule has 1 fully saturated rings. The molecule has 6 heteroatoms. The standard InChI is InChI=1S/C14H16N2O3S/c1-15-14-16(2)13(17)12(20-14)7-9-5-6-10(18-3)8-11(9)19-4/h5-8H,1-4H3/b12-7+,15-14?. The molecule has 2 rings (SSSR count). The second-order valence-electron chi connectivity index (χ2n) is 4.09. The van der Waals surface area contributed by atoms with Gasteiger partial charge in [-0.2, -0.15) is 0 Å². The summed E-state index contributed by atoms with van der Waals surface area (Å²) in [5.74, 6) is 1.31. The number of amidine groups is 1. The molecule has 0 aromatic heterocycles. The van der Waals surface area contributed by atoms with Crippen LogP contribution in [0, 0.1) is 0 Å². The number of carbonyl (C=O) groups is 1. The molecular formula is C14H16N2O3S. The zero-order valence-corrected chi connectivity index (χ0v) is 12.7. The average molecular weight is 292 g/mol. The number of carbonyl (C=O) groups excluding carboxylic acids is 1. The number of likely N-dealkylation sites (N-methyl/N-ethyl adjacent to an activating group) is 1. The third-order valence-electron chi connectivity index (χ3n) is 2.92. The fourth-order valence-electron chi connectivity index (χ4n) is 1.83. The van der Waals surface area contributed by atoms with Gasteiger partial charge >= 0.3 is 0 Å². The maximum absolute atomic E-state index is 12.1. The van der Waals surface area contributed by atoms with Crippen molar-refractivity contribution >= 4 is 28.9 Å². The number of hydrogen-bond donors (Lipinski definition) is 0. The van der Waals surface area contributed by atoms with E-state index >= 15 is 0 Å². The number of nitrogens with zero attached hydrogens (tertiary/aromatic N) is 2. The Morgan fingerprint density at radius 3 is 2.60 bits per heavy atom. The van der Waals surface area contributed by atoms with E-state index in [4.69, 9.17) is 9.47 Å². The smallest absolute Gasteiger partial charge is 0.266 e. The molecular weight excluding hydrogens is 276 g/mol. The minimum absolute atomic E-state index is 0.0616. The summed E-state index contributed by atoms with van der Waals surface area (Å²) in [4.78, 5) is 18.3. The molecule has 1 heterocycles. The van der Waals surface area contributed by atoms with Crippen molar-refractivity contribution in [3.8, 4) is 11.5 Å². The van der Waals surface area contributed by atoms with Gasteiger partial charge in [-0.3, -0.25) is 14.7 Å². The van der Waals surface area contributed by atoms with E-state index in [0.29, 0.717) is 21.6 Å². The molecule has 1 aliphatic heterocycles. The van der Waals surface area contributed by atoms with Crippen LogP contribution in [0.3, 0.4) is 0 Å². The number of benzene rings is 1. The molecule has 5 nitrogen and oxygen atoms in total. The van der Waals surface area contributed by atoms with Gasteiger partial charge in [-0.15, -0.1) is 0 Å². The van der Waals surface area contributed by atoms with Crippen LogP contribution in [-0.2, 0) is 4.79 Å². The van der Waals surface area contributed by atoms with E-state index in [0.717, 1.165) is 5.56 Å². The van der Waals surface area contributed by atoms with Gasteiger partial charge in [0.15, 0.2) is 5.17 Å². The molecule has 0 radical (unpaired) electrons. The summed E-state index contributed by atoms with van der Waals surface area (Å²) in [6.45, 7) is 0. The number of aliphatic imine (C=N–C) groups is 1.